The van der Waals surface area contributed by atoms with Gasteiger partial charge >= 0.3 is 0 Å². The molecule has 2 amide bonds. The second kappa shape index (κ2) is 11.2. The molecule has 4 aromatic carbocycles. The Morgan fingerprint density at radius 1 is 0.973 bits per heavy atom. The molecule has 1 fully saturated rings. The minimum atomic E-state index is -0.387. The molecule has 1 aliphatic rings. The summed E-state index contributed by atoms with van der Waals surface area (Å²) in [6.45, 7) is 2.75. The van der Waals surface area contributed by atoms with Crippen LogP contribution in [0.1, 0.15) is 18.1 Å². The van der Waals surface area contributed by atoms with Crippen molar-refractivity contribution in [2.45, 2.75) is 13.5 Å². The van der Waals surface area contributed by atoms with Crippen LogP contribution >= 0.6 is 46.0 Å². The van der Waals surface area contributed by atoms with Gasteiger partial charge in [-0.2, -0.15) is 0 Å². The van der Waals surface area contributed by atoms with Gasteiger partial charge in [-0.25, -0.2) is 4.90 Å². The maximum absolute atomic E-state index is 13.1. The highest BCUT2D eigenvalue weighted by atomic mass is 127. The van der Waals surface area contributed by atoms with Crippen LogP contribution in [0.5, 0.6) is 11.5 Å². The first kappa shape index (κ1) is 25.6. The molecule has 0 N–H and O–H groups in total. The van der Waals surface area contributed by atoms with Crippen LogP contribution < -0.4 is 14.4 Å². The smallest absolute Gasteiger partial charge is 0.298 e. The molecule has 0 spiro atoms. The number of imide groups is 1. The van der Waals surface area contributed by atoms with Gasteiger partial charge in [0.15, 0.2) is 11.5 Å². The van der Waals surface area contributed by atoms with Gasteiger partial charge in [-0.1, -0.05) is 60.1 Å². The van der Waals surface area contributed by atoms with Gasteiger partial charge in [0.1, 0.15) is 6.61 Å². The van der Waals surface area contributed by atoms with E-state index in [9.17, 15) is 9.59 Å². The Kier molecular flexibility index (Phi) is 7.73. The van der Waals surface area contributed by atoms with Gasteiger partial charge in [-0.05, 0) is 99.6 Å². The largest absolute Gasteiger partial charge is 0.490 e. The molecule has 1 saturated heterocycles. The fraction of sp³-hybridized carbons (Fsp3) is 0.103. The predicted molar refractivity (Wildman–Crippen MR) is 159 cm³/mol. The first-order valence-corrected chi connectivity index (χ1v) is 13.8. The molecule has 0 saturated carbocycles. The summed E-state index contributed by atoms with van der Waals surface area (Å²) in [5.74, 6) is 0.830. The van der Waals surface area contributed by atoms with E-state index in [-0.39, 0.29) is 11.1 Å². The zero-order valence-electron chi connectivity index (χ0n) is 19.7. The average molecular weight is 642 g/mol. The van der Waals surface area contributed by atoms with Gasteiger partial charge in [0.05, 0.1) is 20.8 Å². The lowest BCUT2D eigenvalue weighted by Crippen LogP contribution is -2.27. The van der Waals surface area contributed by atoms with E-state index < -0.39 is 0 Å². The van der Waals surface area contributed by atoms with E-state index in [0.717, 1.165) is 42.1 Å². The molecule has 0 bridgehead atoms. The number of ether oxygens (including phenoxy) is 2. The highest BCUT2D eigenvalue weighted by Gasteiger charge is 2.36. The van der Waals surface area contributed by atoms with Crippen molar-refractivity contribution in [3.63, 3.8) is 0 Å². The number of amides is 2. The van der Waals surface area contributed by atoms with Crippen molar-refractivity contribution in [1.82, 2.24) is 0 Å². The summed E-state index contributed by atoms with van der Waals surface area (Å²) in [4.78, 5) is 27.2. The number of rotatable bonds is 7. The number of hydrogen-bond acceptors (Lipinski definition) is 5. The summed E-state index contributed by atoms with van der Waals surface area (Å²) < 4.78 is 13.0. The standard InChI is InChI=1S/C29H21ClINO4S/c1-2-35-25-14-18(15-26-28(33)32(29(34)37-26)22-11-6-10-21(30)16-22)13-24(31)27(25)36-17-20-9-5-8-19-7-3-4-12-23(19)20/h3-16H,2,17H2,1H3/b26-15+. The van der Waals surface area contributed by atoms with E-state index in [1.165, 1.54) is 0 Å². The summed E-state index contributed by atoms with van der Waals surface area (Å²) in [7, 11) is 0. The normalized spacial score (nSPS) is 14.6. The first-order valence-electron chi connectivity index (χ1n) is 11.5. The van der Waals surface area contributed by atoms with Crippen LogP contribution in [-0.4, -0.2) is 17.8 Å². The van der Waals surface area contributed by atoms with Gasteiger partial charge in [-0.3, -0.25) is 9.59 Å². The van der Waals surface area contributed by atoms with Crippen LogP contribution in [0.25, 0.3) is 16.8 Å². The summed E-state index contributed by atoms with van der Waals surface area (Å²) in [5.41, 5.74) is 2.26. The van der Waals surface area contributed by atoms with Crippen molar-refractivity contribution >= 4 is 79.6 Å². The number of benzene rings is 4. The molecule has 5 nitrogen and oxygen atoms in total. The van der Waals surface area contributed by atoms with Crippen molar-refractivity contribution in [2.75, 3.05) is 11.5 Å². The van der Waals surface area contributed by atoms with Crippen molar-refractivity contribution in [3.05, 3.63) is 103 Å². The summed E-state index contributed by atoms with van der Waals surface area (Å²) >= 11 is 9.16. The van der Waals surface area contributed by atoms with Gasteiger partial charge in [0.25, 0.3) is 11.1 Å². The molecule has 1 heterocycles. The summed E-state index contributed by atoms with van der Waals surface area (Å²) in [6.07, 6.45) is 1.70. The van der Waals surface area contributed by atoms with Crippen molar-refractivity contribution in [2.24, 2.45) is 0 Å². The number of carbonyl (C=O) groups excluding carboxylic acids is 2. The number of anilines is 1. The molecule has 5 rings (SSSR count). The number of thioether (sulfide) groups is 1. The monoisotopic (exact) mass is 641 g/mol. The highest BCUT2D eigenvalue weighted by Crippen LogP contribution is 2.39. The molecule has 0 unspecified atom stereocenters. The minimum absolute atomic E-state index is 0.327. The average Bonchev–Trinajstić information content (AvgIpc) is 3.16. The molecule has 8 heteroatoms. The second-order valence-corrected chi connectivity index (χ2v) is 10.8. The topological polar surface area (TPSA) is 55.8 Å². The van der Waals surface area contributed by atoms with E-state index >= 15 is 0 Å². The Bertz CT molecular complexity index is 1550. The Hall–Kier alpha value is -3.01. The lowest BCUT2D eigenvalue weighted by molar-refractivity contribution is -0.113. The molecule has 37 heavy (non-hydrogen) atoms. The Labute approximate surface area is 237 Å². The van der Waals surface area contributed by atoms with Crippen LogP contribution in [0.2, 0.25) is 5.02 Å². The molecule has 4 aromatic rings. The van der Waals surface area contributed by atoms with Gasteiger partial charge < -0.3 is 9.47 Å². The fourth-order valence-electron chi connectivity index (χ4n) is 4.10. The number of hydrogen-bond donors (Lipinski definition) is 0. The maximum Gasteiger partial charge on any atom is 0.298 e. The SMILES string of the molecule is CCOc1cc(/C=C2/SC(=O)N(c3cccc(Cl)c3)C2=O)cc(I)c1OCc1cccc2ccccc12. The zero-order chi connectivity index (χ0) is 25.9. The highest BCUT2D eigenvalue weighted by molar-refractivity contribution is 14.1. The summed E-state index contributed by atoms with van der Waals surface area (Å²) in [5, 5.41) is 2.39. The zero-order valence-corrected chi connectivity index (χ0v) is 23.5. The van der Waals surface area contributed by atoms with E-state index in [1.54, 1.807) is 30.3 Å². The van der Waals surface area contributed by atoms with E-state index in [1.807, 2.05) is 37.3 Å². The lowest BCUT2D eigenvalue weighted by atomic mass is 10.1. The predicted octanol–water partition coefficient (Wildman–Crippen LogP) is 8.32. The molecule has 0 aliphatic carbocycles. The van der Waals surface area contributed by atoms with Gasteiger partial charge in [0.2, 0.25) is 0 Å². The molecule has 1 aliphatic heterocycles. The lowest BCUT2D eigenvalue weighted by Gasteiger charge is -2.16. The van der Waals surface area contributed by atoms with E-state index in [4.69, 9.17) is 21.1 Å². The van der Waals surface area contributed by atoms with E-state index in [2.05, 4.69) is 46.9 Å². The van der Waals surface area contributed by atoms with Crippen LogP contribution in [0.15, 0.2) is 83.8 Å². The van der Waals surface area contributed by atoms with Crippen molar-refractivity contribution in [3.8, 4) is 11.5 Å². The van der Waals surface area contributed by atoms with Crippen LogP contribution in [0.4, 0.5) is 10.5 Å². The Morgan fingerprint density at radius 3 is 2.57 bits per heavy atom. The molecular formula is C29H21ClINO4S. The van der Waals surface area contributed by atoms with Gasteiger partial charge in [-0.15, -0.1) is 0 Å². The molecule has 0 aromatic heterocycles. The third-order valence-electron chi connectivity index (χ3n) is 5.74. The number of nitrogens with zero attached hydrogens (tertiary/aromatic N) is 1. The quantitative estimate of drug-likeness (QED) is 0.150. The van der Waals surface area contributed by atoms with Crippen LogP contribution in [-0.2, 0) is 11.4 Å². The molecule has 0 atom stereocenters. The number of carbonyl (C=O) groups is 2. The number of fused-ring (bicyclic) bond motifs is 1. The first-order chi connectivity index (χ1) is 17.9. The molecule has 0 radical (unpaired) electrons. The molecule has 186 valence electrons. The van der Waals surface area contributed by atoms with E-state index in [0.29, 0.717) is 40.3 Å². The number of halogens is 2. The maximum atomic E-state index is 13.1. The summed E-state index contributed by atoms with van der Waals surface area (Å²) in [6, 6.07) is 24.8. The van der Waals surface area contributed by atoms with Crippen LogP contribution in [0, 0.1) is 3.57 Å². The third kappa shape index (κ3) is 5.49. The third-order valence-corrected chi connectivity index (χ3v) is 7.65. The van der Waals surface area contributed by atoms with Crippen molar-refractivity contribution < 1.29 is 19.1 Å². The Morgan fingerprint density at radius 2 is 1.76 bits per heavy atom. The second-order valence-electron chi connectivity index (χ2n) is 8.19. The van der Waals surface area contributed by atoms with Gasteiger partial charge in [0, 0.05) is 5.02 Å². The van der Waals surface area contributed by atoms with Crippen LogP contribution in [0.3, 0.4) is 0 Å². The molecular weight excluding hydrogens is 621 g/mol. The minimum Gasteiger partial charge on any atom is -0.490 e. The van der Waals surface area contributed by atoms with Crippen molar-refractivity contribution in [1.29, 1.82) is 0 Å². The Balaban J connectivity index is 1.42. The fourth-order valence-corrected chi connectivity index (χ4v) is 5.91.